The van der Waals surface area contributed by atoms with E-state index < -0.39 is 0 Å². The minimum Gasteiger partial charge on any atom is -0.364 e. The average molecular weight is 360 g/mol. The Kier molecular flexibility index (Phi) is 4.61. The van der Waals surface area contributed by atoms with E-state index in [-0.39, 0.29) is 6.04 Å². The Hall–Kier alpha value is -3.55. The van der Waals surface area contributed by atoms with Gasteiger partial charge in [-0.05, 0) is 25.5 Å². The van der Waals surface area contributed by atoms with E-state index in [2.05, 4.69) is 56.5 Å². The number of anilines is 3. The number of aromatic nitrogens is 6. The number of fused-ring (bicyclic) bond motifs is 1. The molecule has 0 radical (unpaired) electrons. The maximum atomic E-state index is 4.73. The Bertz CT molecular complexity index is 1030. The van der Waals surface area contributed by atoms with Gasteiger partial charge in [-0.1, -0.05) is 30.3 Å². The van der Waals surface area contributed by atoms with Crippen LogP contribution in [-0.2, 0) is 6.54 Å². The molecule has 8 heteroatoms. The highest BCUT2D eigenvalue weighted by Crippen LogP contribution is 2.27. The molecule has 0 spiro atoms. The van der Waals surface area contributed by atoms with Gasteiger partial charge in [-0.3, -0.25) is 9.88 Å². The Morgan fingerprint density at radius 2 is 1.74 bits per heavy atom. The summed E-state index contributed by atoms with van der Waals surface area (Å²) in [6.07, 6.45) is 4.92. The lowest BCUT2D eigenvalue weighted by molar-refractivity contribution is 0.620. The van der Waals surface area contributed by atoms with Gasteiger partial charge >= 0.3 is 0 Å². The van der Waals surface area contributed by atoms with Crippen molar-refractivity contribution in [1.29, 1.82) is 0 Å². The highest BCUT2D eigenvalue weighted by molar-refractivity contribution is 5.85. The number of rotatable bonds is 6. The van der Waals surface area contributed by atoms with E-state index in [0.29, 0.717) is 29.8 Å². The first kappa shape index (κ1) is 16.9. The van der Waals surface area contributed by atoms with Crippen LogP contribution in [0.3, 0.4) is 0 Å². The minimum atomic E-state index is 0.151. The molecule has 27 heavy (non-hydrogen) atoms. The van der Waals surface area contributed by atoms with E-state index in [1.807, 2.05) is 22.8 Å². The second kappa shape index (κ2) is 7.36. The molecule has 0 saturated carbocycles. The fraction of sp³-hybridized carbons (Fsp3) is 0.211. The van der Waals surface area contributed by atoms with Crippen LogP contribution >= 0.6 is 0 Å². The zero-order valence-electron chi connectivity index (χ0n) is 15.2. The van der Waals surface area contributed by atoms with Crippen molar-refractivity contribution in [3.8, 4) is 0 Å². The molecule has 136 valence electrons. The predicted molar refractivity (Wildman–Crippen MR) is 105 cm³/mol. The van der Waals surface area contributed by atoms with Gasteiger partial charge in [0.05, 0.1) is 0 Å². The van der Waals surface area contributed by atoms with E-state index in [0.717, 1.165) is 5.65 Å². The second-order valence-corrected chi connectivity index (χ2v) is 6.33. The number of nitrogens with one attached hydrogen (secondary N) is 2. The largest absolute Gasteiger partial charge is 0.364 e. The quantitative estimate of drug-likeness (QED) is 0.543. The summed E-state index contributed by atoms with van der Waals surface area (Å²) in [5.74, 6) is 1.82. The van der Waals surface area contributed by atoms with Crippen LogP contribution in [-0.4, -0.2) is 29.5 Å². The van der Waals surface area contributed by atoms with Gasteiger partial charge in [0.2, 0.25) is 11.9 Å². The van der Waals surface area contributed by atoms with Crippen molar-refractivity contribution in [3.05, 3.63) is 60.7 Å². The number of hydrogen-bond acceptors (Lipinski definition) is 7. The fourth-order valence-electron chi connectivity index (χ4n) is 2.86. The van der Waals surface area contributed by atoms with E-state index in [4.69, 9.17) is 4.98 Å². The van der Waals surface area contributed by atoms with Crippen LogP contribution in [0.4, 0.5) is 17.7 Å². The van der Waals surface area contributed by atoms with Crippen LogP contribution in [0, 0.1) is 0 Å². The van der Waals surface area contributed by atoms with E-state index >= 15 is 0 Å². The van der Waals surface area contributed by atoms with Crippen LogP contribution in [0.1, 0.15) is 25.5 Å². The van der Waals surface area contributed by atoms with Crippen molar-refractivity contribution in [2.75, 3.05) is 10.6 Å². The molecule has 0 aliphatic heterocycles. The molecular formula is C19H20N8. The van der Waals surface area contributed by atoms with Crippen molar-refractivity contribution < 1.29 is 0 Å². The normalized spacial score (nSPS) is 11.1. The van der Waals surface area contributed by atoms with Gasteiger partial charge in [0.1, 0.15) is 6.33 Å². The third kappa shape index (κ3) is 3.55. The molecule has 0 aliphatic rings. The number of benzene rings is 1. The zero-order valence-corrected chi connectivity index (χ0v) is 15.2. The summed E-state index contributed by atoms with van der Waals surface area (Å²) < 4.78 is 2.01. The highest BCUT2D eigenvalue weighted by Gasteiger charge is 2.18. The number of nitrogens with zero attached hydrogens (tertiary/aromatic N) is 6. The standard InChI is InChI=1S/C19H20N8/c1-13(2)27-17-15(25-19(27)26-18-20-9-6-10-21-18)16(23-12-24-17)22-11-14-7-4-3-5-8-14/h3-10,12-13H,11H2,1-2H3,(H,22,23,24)(H,20,21,25,26). The molecule has 4 aromatic rings. The van der Waals surface area contributed by atoms with Crippen molar-refractivity contribution in [2.45, 2.75) is 26.4 Å². The van der Waals surface area contributed by atoms with Gasteiger partial charge in [-0.15, -0.1) is 0 Å². The van der Waals surface area contributed by atoms with Gasteiger partial charge < -0.3 is 5.32 Å². The Balaban J connectivity index is 1.70. The smallest absolute Gasteiger partial charge is 0.229 e. The monoisotopic (exact) mass is 360 g/mol. The average Bonchev–Trinajstić information content (AvgIpc) is 3.06. The summed E-state index contributed by atoms with van der Waals surface area (Å²) in [6.45, 7) is 4.82. The highest BCUT2D eigenvalue weighted by atomic mass is 15.3. The van der Waals surface area contributed by atoms with Gasteiger partial charge in [0, 0.05) is 25.0 Å². The molecule has 0 saturated heterocycles. The summed E-state index contributed by atoms with van der Waals surface area (Å²) in [5, 5.41) is 6.54. The van der Waals surface area contributed by atoms with Gasteiger partial charge in [0.25, 0.3) is 0 Å². The molecule has 0 aliphatic carbocycles. The summed E-state index contributed by atoms with van der Waals surface area (Å²) >= 11 is 0. The first-order valence-corrected chi connectivity index (χ1v) is 8.77. The molecule has 3 aromatic heterocycles. The van der Waals surface area contributed by atoms with Gasteiger partial charge in [-0.25, -0.2) is 24.9 Å². The number of imidazole rings is 1. The summed E-state index contributed by atoms with van der Waals surface area (Å²) in [5.41, 5.74) is 2.64. The Morgan fingerprint density at radius 3 is 2.48 bits per heavy atom. The zero-order chi connectivity index (χ0) is 18.6. The summed E-state index contributed by atoms with van der Waals surface area (Å²) in [6, 6.07) is 12.1. The molecule has 3 heterocycles. The molecule has 0 atom stereocenters. The Labute approximate surface area is 156 Å². The molecule has 1 aromatic carbocycles. The first-order chi connectivity index (χ1) is 13.2. The van der Waals surface area contributed by atoms with Crippen molar-refractivity contribution >= 4 is 28.9 Å². The fourth-order valence-corrected chi connectivity index (χ4v) is 2.86. The molecule has 4 rings (SSSR count). The van der Waals surface area contributed by atoms with Gasteiger partial charge in [0.15, 0.2) is 17.0 Å². The molecule has 0 amide bonds. The lowest BCUT2D eigenvalue weighted by atomic mass is 10.2. The van der Waals surface area contributed by atoms with Crippen molar-refractivity contribution in [3.63, 3.8) is 0 Å². The van der Waals surface area contributed by atoms with Crippen LogP contribution in [0.25, 0.3) is 11.2 Å². The van der Waals surface area contributed by atoms with Crippen LogP contribution in [0.5, 0.6) is 0 Å². The maximum Gasteiger partial charge on any atom is 0.229 e. The summed E-state index contributed by atoms with van der Waals surface area (Å²) in [4.78, 5) is 22.0. The van der Waals surface area contributed by atoms with E-state index in [1.165, 1.54) is 5.56 Å². The van der Waals surface area contributed by atoms with Crippen LogP contribution in [0.15, 0.2) is 55.1 Å². The van der Waals surface area contributed by atoms with Crippen LogP contribution in [0.2, 0.25) is 0 Å². The third-order valence-corrected chi connectivity index (χ3v) is 4.09. The molecule has 0 unspecified atom stereocenters. The minimum absolute atomic E-state index is 0.151. The van der Waals surface area contributed by atoms with Crippen molar-refractivity contribution in [1.82, 2.24) is 29.5 Å². The van der Waals surface area contributed by atoms with Crippen molar-refractivity contribution in [2.24, 2.45) is 0 Å². The number of hydrogen-bond donors (Lipinski definition) is 2. The lowest BCUT2D eigenvalue weighted by Crippen LogP contribution is -2.08. The second-order valence-electron chi connectivity index (χ2n) is 6.33. The molecular weight excluding hydrogens is 340 g/mol. The SMILES string of the molecule is CC(C)n1c(Nc2ncccn2)nc2c(NCc3ccccc3)ncnc21. The maximum absolute atomic E-state index is 4.73. The first-order valence-electron chi connectivity index (χ1n) is 8.77. The molecule has 8 nitrogen and oxygen atoms in total. The van der Waals surface area contributed by atoms with Crippen LogP contribution < -0.4 is 10.6 Å². The van der Waals surface area contributed by atoms with E-state index in [1.54, 1.807) is 24.8 Å². The molecule has 0 fully saturated rings. The van der Waals surface area contributed by atoms with Gasteiger partial charge in [-0.2, -0.15) is 0 Å². The summed E-state index contributed by atoms with van der Waals surface area (Å²) in [7, 11) is 0. The predicted octanol–water partition coefficient (Wildman–Crippen LogP) is 3.55. The Morgan fingerprint density at radius 1 is 0.963 bits per heavy atom. The van der Waals surface area contributed by atoms with E-state index in [9.17, 15) is 0 Å². The topological polar surface area (TPSA) is 93.4 Å². The third-order valence-electron chi connectivity index (χ3n) is 4.09. The molecule has 2 N–H and O–H groups in total. The lowest BCUT2D eigenvalue weighted by Gasteiger charge is -2.12. The molecule has 0 bridgehead atoms.